The molecule has 2 amide bonds. The van der Waals surface area contributed by atoms with Crippen LogP contribution in [0.15, 0.2) is 73.2 Å². The standard InChI is InChI=1S/C25H25FN4O3/c26-21-8-4-7-20(13-21)18-33-22-15-29(12-9-19-5-2-1-3-6-19)24(31)17-30(16-22)25(32)23-14-27-10-11-28-23/h1-8,10-11,13-14,22H,9,12,15-18H2/t22-/m0/s1. The van der Waals surface area contributed by atoms with Crippen LogP contribution < -0.4 is 0 Å². The van der Waals surface area contributed by atoms with E-state index in [1.165, 1.54) is 35.6 Å². The molecule has 1 aliphatic rings. The highest BCUT2D eigenvalue weighted by Gasteiger charge is 2.31. The van der Waals surface area contributed by atoms with E-state index >= 15 is 0 Å². The zero-order valence-electron chi connectivity index (χ0n) is 18.1. The van der Waals surface area contributed by atoms with Crippen LogP contribution in [0.1, 0.15) is 21.6 Å². The summed E-state index contributed by atoms with van der Waals surface area (Å²) >= 11 is 0. The summed E-state index contributed by atoms with van der Waals surface area (Å²) in [6.45, 7) is 1.18. The predicted octanol–water partition coefficient (Wildman–Crippen LogP) is 2.73. The van der Waals surface area contributed by atoms with Gasteiger partial charge in [0, 0.05) is 32.0 Å². The minimum Gasteiger partial charge on any atom is -0.370 e. The first-order valence-corrected chi connectivity index (χ1v) is 10.8. The van der Waals surface area contributed by atoms with Crippen molar-refractivity contribution in [1.82, 2.24) is 19.8 Å². The van der Waals surface area contributed by atoms with Gasteiger partial charge < -0.3 is 14.5 Å². The maximum Gasteiger partial charge on any atom is 0.274 e. The predicted molar refractivity (Wildman–Crippen MR) is 120 cm³/mol. The van der Waals surface area contributed by atoms with Gasteiger partial charge in [-0.15, -0.1) is 0 Å². The number of carbonyl (C=O) groups is 2. The molecule has 0 N–H and O–H groups in total. The molecule has 0 unspecified atom stereocenters. The Morgan fingerprint density at radius 2 is 1.88 bits per heavy atom. The molecule has 0 radical (unpaired) electrons. The summed E-state index contributed by atoms with van der Waals surface area (Å²) in [6, 6.07) is 16.1. The van der Waals surface area contributed by atoms with E-state index in [9.17, 15) is 14.0 Å². The van der Waals surface area contributed by atoms with E-state index in [1.54, 1.807) is 17.0 Å². The first-order chi connectivity index (χ1) is 16.1. The first kappa shape index (κ1) is 22.5. The molecule has 1 fully saturated rings. The largest absolute Gasteiger partial charge is 0.370 e. The number of carbonyl (C=O) groups excluding carboxylic acids is 2. The van der Waals surface area contributed by atoms with Crippen LogP contribution in [0, 0.1) is 5.82 Å². The summed E-state index contributed by atoms with van der Waals surface area (Å²) < 4.78 is 19.6. The van der Waals surface area contributed by atoms with Gasteiger partial charge in [-0.05, 0) is 29.7 Å². The lowest BCUT2D eigenvalue weighted by Gasteiger charge is -2.25. The third-order valence-electron chi connectivity index (χ3n) is 5.48. The van der Waals surface area contributed by atoms with Crippen LogP contribution >= 0.6 is 0 Å². The maximum atomic E-state index is 13.6. The third kappa shape index (κ3) is 6.20. The number of aromatic nitrogens is 2. The van der Waals surface area contributed by atoms with Gasteiger partial charge in [-0.3, -0.25) is 14.6 Å². The Balaban J connectivity index is 1.49. The second kappa shape index (κ2) is 10.8. The summed E-state index contributed by atoms with van der Waals surface area (Å²) in [6.07, 6.45) is 4.57. The van der Waals surface area contributed by atoms with Crippen LogP contribution in [0.5, 0.6) is 0 Å². The van der Waals surface area contributed by atoms with Gasteiger partial charge in [0.2, 0.25) is 5.91 Å². The van der Waals surface area contributed by atoms with Crippen molar-refractivity contribution in [3.8, 4) is 0 Å². The van der Waals surface area contributed by atoms with Gasteiger partial charge in [0.25, 0.3) is 5.91 Å². The quantitative estimate of drug-likeness (QED) is 0.556. The van der Waals surface area contributed by atoms with Gasteiger partial charge in [-0.2, -0.15) is 0 Å². The molecule has 170 valence electrons. The molecule has 4 rings (SSSR count). The summed E-state index contributed by atoms with van der Waals surface area (Å²) in [5.74, 6) is -0.864. The average Bonchev–Trinajstić information content (AvgIpc) is 3.00. The van der Waals surface area contributed by atoms with Crippen LogP contribution in [0.4, 0.5) is 4.39 Å². The van der Waals surface area contributed by atoms with E-state index in [4.69, 9.17) is 4.74 Å². The van der Waals surface area contributed by atoms with Crippen molar-refractivity contribution in [3.63, 3.8) is 0 Å². The smallest absolute Gasteiger partial charge is 0.274 e. The molecular formula is C25H25FN4O3. The van der Waals surface area contributed by atoms with Crippen molar-refractivity contribution < 1.29 is 18.7 Å². The van der Waals surface area contributed by atoms with Gasteiger partial charge in [-0.25, -0.2) is 9.37 Å². The lowest BCUT2D eigenvalue weighted by Crippen LogP contribution is -2.40. The van der Waals surface area contributed by atoms with Crippen molar-refractivity contribution in [2.75, 3.05) is 26.2 Å². The van der Waals surface area contributed by atoms with E-state index < -0.39 is 6.10 Å². The second-order valence-electron chi connectivity index (χ2n) is 7.91. The Morgan fingerprint density at radius 1 is 1.06 bits per heavy atom. The monoisotopic (exact) mass is 448 g/mol. The molecule has 2 heterocycles. The van der Waals surface area contributed by atoms with Gasteiger partial charge >= 0.3 is 0 Å². The van der Waals surface area contributed by atoms with Crippen LogP contribution in [-0.4, -0.2) is 63.9 Å². The number of halogens is 1. The normalized spacial score (nSPS) is 16.5. The van der Waals surface area contributed by atoms with Crippen LogP contribution in [0.3, 0.4) is 0 Å². The SMILES string of the molecule is O=C1CN(C(=O)c2cnccn2)C[C@@H](OCc2cccc(F)c2)CN1CCc1ccccc1. The lowest BCUT2D eigenvalue weighted by molar-refractivity contribution is -0.131. The molecule has 1 aromatic heterocycles. The molecule has 1 atom stereocenters. The van der Waals surface area contributed by atoms with Gasteiger partial charge in [-0.1, -0.05) is 42.5 Å². The molecule has 0 saturated carbocycles. The number of rotatable bonds is 7. The van der Waals surface area contributed by atoms with Gasteiger partial charge in [0.15, 0.2) is 0 Å². The molecular weight excluding hydrogens is 423 g/mol. The first-order valence-electron chi connectivity index (χ1n) is 10.8. The molecule has 0 aliphatic carbocycles. The Labute approximate surface area is 191 Å². The number of amides is 2. The van der Waals surface area contributed by atoms with E-state index in [0.29, 0.717) is 25.1 Å². The zero-order chi connectivity index (χ0) is 23.0. The molecule has 0 spiro atoms. The summed E-state index contributed by atoms with van der Waals surface area (Å²) in [5.41, 5.74) is 1.99. The van der Waals surface area contributed by atoms with Crippen molar-refractivity contribution in [2.24, 2.45) is 0 Å². The zero-order valence-corrected chi connectivity index (χ0v) is 18.1. The minimum absolute atomic E-state index is 0.0655. The highest BCUT2D eigenvalue weighted by atomic mass is 19.1. The Kier molecular flexibility index (Phi) is 7.36. The van der Waals surface area contributed by atoms with Gasteiger partial charge in [0.1, 0.15) is 18.1 Å². The molecule has 33 heavy (non-hydrogen) atoms. The van der Waals surface area contributed by atoms with Crippen molar-refractivity contribution in [3.05, 3.63) is 95.8 Å². The number of ether oxygens (including phenoxy) is 1. The fourth-order valence-electron chi connectivity index (χ4n) is 3.78. The molecule has 1 saturated heterocycles. The Morgan fingerprint density at radius 3 is 2.64 bits per heavy atom. The Hall–Kier alpha value is -3.65. The maximum absolute atomic E-state index is 13.6. The summed E-state index contributed by atoms with van der Waals surface area (Å²) in [5, 5.41) is 0. The molecule has 2 aromatic carbocycles. The minimum atomic E-state index is -0.434. The average molecular weight is 448 g/mol. The number of hydrogen-bond acceptors (Lipinski definition) is 5. The summed E-state index contributed by atoms with van der Waals surface area (Å²) in [7, 11) is 0. The second-order valence-corrected chi connectivity index (χ2v) is 7.91. The number of nitrogens with zero attached hydrogens (tertiary/aromatic N) is 4. The van der Waals surface area contributed by atoms with Crippen LogP contribution in [-0.2, 0) is 22.6 Å². The van der Waals surface area contributed by atoms with E-state index in [1.807, 2.05) is 30.3 Å². The van der Waals surface area contributed by atoms with Gasteiger partial charge in [0.05, 0.1) is 18.9 Å². The van der Waals surface area contributed by atoms with Crippen LogP contribution in [0.25, 0.3) is 0 Å². The highest BCUT2D eigenvalue weighted by molar-refractivity contribution is 5.95. The third-order valence-corrected chi connectivity index (χ3v) is 5.48. The molecule has 8 heteroatoms. The van der Waals surface area contributed by atoms with Crippen molar-refractivity contribution in [2.45, 2.75) is 19.1 Å². The molecule has 3 aromatic rings. The topological polar surface area (TPSA) is 75.6 Å². The van der Waals surface area contributed by atoms with Crippen molar-refractivity contribution >= 4 is 11.8 Å². The lowest BCUT2D eigenvalue weighted by atomic mass is 10.1. The molecule has 0 bridgehead atoms. The molecule has 7 nitrogen and oxygen atoms in total. The Bertz CT molecular complexity index is 1080. The number of hydrogen-bond donors (Lipinski definition) is 0. The van der Waals surface area contributed by atoms with E-state index in [2.05, 4.69) is 9.97 Å². The van der Waals surface area contributed by atoms with E-state index in [0.717, 1.165) is 5.56 Å². The fraction of sp³-hybridized carbons (Fsp3) is 0.280. The fourth-order valence-corrected chi connectivity index (χ4v) is 3.78. The molecule has 1 aliphatic heterocycles. The van der Waals surface area contributed by atoms with Crippen molar-refractivity contribution in [1.29, 1.82) is 0 Å². The van der Waals surface area contributed by atoms with E-state index in [-0.39, 0.29) is 43.0 Å². The van der Waals surface area contributed by atoms with Crippen LogP contribution in [0.2, 0.25) is 0 Å². The summed E-state index contributed by atoms with van der Waals surface area (Å²) in [4.78, 5) is 37.2. The number of benzene rings is 2. The highest BCUT2D eigenvalue weighted by Crippen LogP contribution is 2.15.